The fourth-order valence-corrected chi connectivity index (χ4v) is 1.38. The fourth-order valence-electron chi connectivity index (χ4n) is 1.38. The van der Waals surface area contributed by atoms with Crippen LogP contribution in [0.2, 0.25) is 0 Å². The fraction of sp³-hybridized carbons (Fsp3) is 0.417. The van der Waals surface area contributed by atoms with E-state index in [-0.39, 0.29) is 12.3 Å². The van der Waals surface area contributed by atoms with Crippen molar-refractivity contribution in [1.29, 1.82) is 0 Å². The molecule has 0 saturated carbocycles. The van der Waals surface area contributed by atoms with Gasteiger partial charge >= 0.3 is 5.97 Å². The van der Waals surface area contributed by atoms with E-state index in [1.54, 1.807) is 19.2 Å². The van der Waals surface area contributed by atoms with E-state index in [9.17, 15) is 9.59 Å². The molecule has 0 aliphatic heterocycles. The van der Waals surface area contributed by atoms with Crippen molar-refractivity contribution in [3.63, 3.8) is 0 Å². The quantitative estimate of drug-likeness (QED) is 0.837. The van der Waals surface area contributed by atoms with Gasteiger partial charge in [-0.25, -0.2) is 0 Å². The lowest BCUT2D eigenvalue weighted by Gasteiger charge is -2.16. The Morgan fingerprint density at radius 2 is 2.12 bits per heavy atom. The third-order valence-electron chi connectivity index (χ3n) is 2.39. The summed E-state index contributed by atoms with van der Waals surface area (Å²) in [4.78, 5) is 27.8. The van der Waals surface area contributed by atoms with Gasteiger partial charge in [0, 0.05) is 31.9 Å². The molecule has 5 nitrogen and oxygen atoms in total. The number of carboxylic acid groups (broad SMARTS) is 1. The maximum Gasteiger partial charge on any atom is 0.303 e. The summed E-state index contributed by atoms with van der Waals surface area (Å²) in [7, 11) is 1.66. The Balaban J connectivity index is 2.51. The number of carbonyl (C=O) groups is 2. The first kappa shape index (κ1) is 13.2. The zero-order valence-electron chi connectivity index (χ0n) is 10.0. The highest BCUT2D eigenvalue weighted by Crippen LogP contribution is 2.04. The van der Waals surface area contributed by atoms with Crippen LogP contribution in [0, 0.1) is 6.92 Å². The molecule has 0 radical (unpaired) electrons. The second kappa shape index (κ2) is 5.98. The number of hydrogen-bond acceptors (Lipinski definition) is 3. The summed E-state index contributed by atoms with van der Waals surface area (Å²) in [5, 5.41) is 8.50. The van der Waals surface area contributed by atoms with Gasteiger partial charge in [-0.05, 0) is 25.5 Å². The van der Waals surface area contributed by atoms with Gasteiger partial charge in [0.2, 0.25) is 0 Å². The van der Waals surface area contributed by atoms with Gasteiger partial charge in [-0.15, -0.1) is 0 Å². The van der Waals surface area contributed by atoms with E-state index in [0.29, 0.717) is 18.5 Å². The first-order valence-electron chi connectivity index (χ1n) is 5.40. The molecule has 0 aromatic carbocycles. The highest BCUT2D eigenvalue weighted by molar-refractivity contribution is 5.93. The maximum atomic E-state index is 11.9. The molecule has 0 bridgehead atoms. The number of carbonyl (C=O) groups excluding carboxylic acids is 1. The Morgan fingerprint density at radius 1 is 1.41 bits per heavy atom. The Labute approximate surface area is 100 Å². The van der Waals surface area contributed by atoms with Crippen molar-refractivity contribution < 1.29 is 14.7 Å². The molecule has 5 heteroatoms. The summed E-state index contributed by atoms with van der Waals surface area (Å²) in [6.07, 6.45) is 2.06. The van der Waals surface area contributed by atoms with Crippen LogP contribution in [0.25, 0.3) is 0 Å². The lowest BCUT2D eigenvalue weighted by molar-refractivity contribution is -0.137. The first-order valence-corrected chi connectivity index (χ1v) is 5.40. The first-order chi connectivity index (χ1) is 8.00. The normalized spacial score (nSPS) is 10.0. The highest BCUT2D eigenvalue weighted by atomic mass is 16.4. The summed E-state index contributed by atoms with van der Waals surface area (Å²) >= 11 is 0. The Hall–Kier alpha value is -1.91. The van der Waals surface area contributed by atoms with E-state index in [2.05, 4.69) is 4.98 Å². The Bertz CT molecular complexity index is 401. The van der Waals surface area contributed by atoms with Crippen LogP contribution in [0.3, 0.4) is 0 Å². The van der Waals surface area contributed by atoms with Crippen molar-refractivity contribution in [1.82, 2.24) is 9.88 Å². The summed E-state index contributed by atoms with van der Waals surface area (Å²) in [5.41, 5.74) is 1.38. The van der Waals surface area contributed by atoms with Gasteiger partial charge in [0.05, 0.1) is 5.56 Å². The van der Waals surface area contributed by atoms with E-state index in [0.717, 1.165) is 5.69 Å². The lowest BCUT2D eigenvalue weighted by atomic mass is 10.2. The minimum atomic E-state index is -0.845. The molecule has 0 aliphatic carbocycles. The summed E-state index contributed by atoms with van der Waals surface area (Å²) in [6.45, 7) is 2.28. The SMILES string of the molecule is Cc1ccc(C(=O)N(C)CCCC(=O)O)cn1. The third kappa shape index (κ3) is 4.22. The van der Waals surface area contributed by atoms with Crippen LogP contribution >= 0.6 is 0 Å². The van der Waals surface area contributed by atoms with Crippen molar-refractivity contribution in [2.75, 3.05) is 13.6 Å². The molecule has 0 spiro atoms. The molecular formula is C12H16N2O3. The average Bonchev–Trinajstić information content (AvgIpc) is 2.28. The molecule has 0 aliphatic rings. The molecule has 1 rings (SSSR count). The number of nitrogens with zero attached hydrogens (tertiary/aromatic N) is 2. The zero-order valence-corrected chi connectivity index (χ0v) is 10.0. The molecule has 0 saturated heterocycles. The summed E-state index contributed by atoms with van der Waals surface area (Å²) in [5.74, 6) is -0.981. The number of amides is 1. The average molecular weight is 236 g/mol. The van der Waals surface area contributed by atoms with Crippen molar-refractivity contribution in [2.45, 2.75) is 19.8 Å². The van der Waals surface area contributed by atoms with Crippen LogP contribution in [0.5, 0.6) is 0 Å². The minimum absolute atomic E-state index is 0.0732. The minimum Gasteiger partial charge on any atom is -0.481 e. The molecule has 17 heavy (non-hydrogen) atoms. The van der Waals surface area contributed by atoms with Crippen LogP contribution < -0.4 is 0 Å². The van der Waals surface area contributed by atoms with Gasteiger partial charge in [0.25, 0.3) is 5.91 Å². The molecule has 0 fully saturated rings. The van der Waals surface area contributed by atoms with Crippen LogP contribution in [0.1, 0.15) is 28.9 Å². The highest BCUT2D eigenvalue weighted by Gasteiger charge is 2.11. The van der Waals surface area contributed by atoms with Gasteiger partial charge < -0.3 is 10.0 Å². The van der Waals surface area contributed by atoms with E-state index in [1.165, 1.54) is 11.1 Å². The number of aromatic nitrogens is 1. The predicted octanol–water partition coefficient (Wildman–Crippen LogP) is 1.33. The van der Waals surface area contributed by atoms with Crippen LogP contribution in [-0.2, 0) is 4.79 Å². The predicted molar refractivity (Wildman–Crippen MR) is 62.8 cm³/mol. The van der Waals surface area contributed by atoms with Crippen LogP contribution in [-0.4, -0.2) is 40.5 Å². The second-order valence-corrected chi connectivity index (χ2v) is 3.91. The third-order valence-corrected chi connectivity index (χ3v) is 2.39. The van der Waals surface area contributed by atoms with Crippen LogP contribution in [0.15, 0.2) is 18.3 Å². The molecule has 1 aromatic heterocycles. The number of aliphatic carboxylic acids is 1. The largest absolute Gasteiger partial charge is 0.481 e. The number of rotatable bonds is 5. The van der Waals surface area contributed by atoms with Crippen molar-refractivity contribution in [3.8, 4) is 0 Å². The number of pyridine rings is 1. The molecular weight excluding hydrogens is 220 g/mol. The lowest BCUT2D eigenvalue weighted by Crippen LogP contribution is -2.28. The molecule has 0 atom stereocenters. The molecule has 1 amide bonds. The molecule has 1 aromatic rings. The number of hydrogen-bond donors (Lipinski definition) is 1. The van der Waals surface area contributed by atoms with E-state index in [4.69, 9.17) is 5.11 Å². The van der Waals surface area contributed by atoms with Gasteiger partial charge in [-0.3, -0.25) is 14.6 Å². The van der Waals surface area contributed by atoms with Gasteiger partial charge in [0.1, 0.15) is 0 Å². The van der Waals surface area contributed by atoms with E-state index >= 15 is 0 Å². The maximum absolute atomic E-state index is 11.9. The molecule has 0 unspecified atom stereocenters. The van der Waals surface area contributed by atoms with E-state index in [1.807, 2.05) is 6.92 Å². The van der Waals surface area contributed by atoms with Gasteiger partial charge in [0.15, 0.2) is 0 Å². The standard InChI is InChI=1S/C12H16N2O3/c1-9-5-6-10(8-13-9)12(17)14(2)7-3-4-11(15)16/h5-6,8H,3-4,7H2,1-2H3,(H,15,16). The van der Waals surface area contributed by atoms with Crippen molar-refractivity contribution in [2.24, 2.45) is 0 Å². The Morgan fingerprint density at radius 3 is 2.65 bits per heavy atom. The van der Waals surface area contributed by atoms with Crippen LogP contribution in [0.4, 0.5) is 0 Å². The summed E-state index contributed by atoms with van der Waals surface area (Å²) < 4.78 is 0. The van der Waals surface area contributed by atoms with Gasteiger partial charge in [-0.1, -0.05) is 0 Å². The topological polar surface area (TPSA) is 70.5 Å². The van der Waals surface area contributed by atoms with E-state index < -0.39 is 5.97 Å². The Kier molecular flexibility index (Phi) is 4.63. The van der Waals surface area contributed by atoms with Crippen molar-refractivity contribution >= 4 is 11.9 Å². The van der Waals surface area contributed by atoms with Crippen molar-refractivity contribution in [3.05, 3.63) is 29.6 Å². The number of carboxylic acids is 1. The van der Waals surface area contributed by atoms with Gasteiger partial charge in [-0.2, -0.15) is 0 Å². The molecule has 92 valence electrons. The smallest absolute Gasteiger partial charge is 0.303 e. The zero-order chi connectivity index (χ0) is 12.8. The number of aryl methyl sites for hydroxylation is 1. The molecule has 1 N–H and O–H groups in total. The monoisotopic (exact) mass is 236 g/mol. The summed E-state index contributed by atoms with van der Waals surface area (Å²) in [6, 6.07) is 3.50. The molecule has 1 heterocycles. The second-order valence-electron chi connectivity index (χ2n) is 3.91.